The van der Waals surface area contributed by atoms with Gasteiger partial charge in [-0.05, 0) is 89.4 Å². The predicted octanol–water partition coefficient (Wildman–Crippen LogP) is 14.2. The van der Waals surface area contributed by atoms with E-state index in [1.54, 1.807) is 0 Å². The zero-order chi connectivity index (χ0) is 39.6. The Morgan fingerprint density at radius 1 is 0.964 bits per heavy atom. The molecular formula is C48H59IrN2O3S-. The molecule has 0 saturated carbocycles. The number of aliphatic hydroxyl groups is 1. The first kappa shape index (κ1) is 44.1. The van der Waals surface area contributed by atoms with Crippen LogP contribution in [0.2, 0.25) is 0 Å². The first-order chi connectivity index (χ1) is 25.5. The van der Waals surface area contributed by atoms with Gasteiger partial charge in [0.25, 0.3) is 0 Å². The van der Waals surface area contributed by atoms with Crippen LogP contribution in [-0.4, -0.2) is 20.9 Å². The molecule has 1 N–H and O–H groups in total. The van der Waals surface area contributed by atoms with Crippen molar-refractivity contribution in [3.8, 4) is 22.4 Å². The number of aliphatic hydroxyl groups excluding tert-OH is 1. The minimum Gasteiger partial charge on any atom is -0.512 e. The summed E-state index contributed by atoms with van der Waals surface area (Å²) < 4.78 is 7.28. The molecule has 0 bridgehead atoms. The molecule has 6 aromatic rings. The number of allylic oxidation sites excluding steroid dienone is 2. The van der Waals surface area contributed by atoms with Gasteiger partial charge in [0, 0.05) is 64.5 Å². The second kappa shape index (κ2) is 17.7. The Hall–Kier alpha value is -3.64. The zero-order valence-corrected chi connectivity index (χ0v) is 38.1. The summed E-state index contributed by atoms with van der Waals surface area (Å²) in [6.07, 6.45) is 9.52. The Bertz CT molecular complexity index is 2300. The van der Waals surface area contributed by atoms with E-state index in [-0.39, 0.29) is 47.9 Å². The summed E-state index contributed by atoms with van der Waals surface area (Å²) in [6, 6.07) is 18.9. The van der Waals surface area contributed by atoms with Crippen LogP contribution in [0.25, 0.3) is 54.5 Å². The van der Waals surface area contributed by atoms with Crippen molar-refractivity contribution >= 4 is 49.2 Å². The van der Waals surface area contributed by atoms with Crippen molar-refractivity contribution in [3.05, 3.63) is 94.9 Å². The Kier molecular flexibility index (Phi) is 14.2. The summed E-state index contributed by atoms with van der Waals surface area (Å²) in [4.78, 5) is 21.8. The summed E-state index contributed by atoms with van der Waals surface area (Å²) >= 11 is 1.83. The van der Waals surface area contributed by atoms with Crippen molar-refractivity contribution in [2.45, 2.75) is 121 Å². The van der Waals surface area contributed by atoms with Crippen LogP contribution in [0.5, 0.6) is 0 Å². The van der Waals surface area contributed by atoms with Crippen molar-refractivity contribution in [2.75, 3.05) is 0 Å². The monoisotopic (exact) mass is 936 g/mol. The Labute approximate surface area is 346 Å². The van der Waals surface area contributed by atoms with Crippen molar-refractivity contribution < 1.29 is 34.4 Å². The number of furan rings is 1. The van der Waals surface area contributed by atoms with E-state index in [9.17, 15) is 9.90 Å². The van der Waals surface area contributed by atoms with Crippen LogP contribution in [0, 0.1) is 29.7 Å². The van der Waals surface area contributed by atoms with Gasteiger partial charge in [-0.15, -0.1) is 29.5 Å². The number of carbonyl (C=O) groups is 1. The van der Waals surface area contributed by atoms with Gasteiger partial charge < -0.3 is 9.52 Å². The Balaban J connectivity index is 0.000000320. The van der Waals surface area contributed by atoms with Gasteiger partial charge in [0.1, 0.15) is 5.76 Å². The molecule has 0 aliphatic rings. The van der Waals surface area contributed by atoms with Gasteiger partial charge in [0.2, 0.25) is 5.71 Å². The smallest absolute Gasteiger partial charge is 0.219 e. The van der Waals surface area contributed by atoms with E-state index in [1.807, 2.05) is 71.4 Å². The van der Waals surface area contributed by atoms with Crippen LogP contribution in [0.15, 0.2) is 76.6 Å². The molecule has 0 unspecified atom stereocenters. The molecule has 5 nitrogen and oxygen atoms in total. The minimum absolute atomic E-state index is 0. The number of hydrogen-bond donors (Lipinski definition) is 1. The largest absolute Gasteiger partial charge is 0.512 e. The fourth-order valence-corrected chi connectivity index (χ4v) is 7.93. The number of rotatable bonds is 11. The molecule has 0 spiro atoms. The summed E-state index contributed by atoms with van der Waals surface area (Å²) in [6.45, 7) is 25.4. The fraction of sp³-hybridized carbons (Fsp3) is 0.438. The summed E-state index contributed by atoms with van der Waals surface area (Å²) in [5.74, 6) is 0.925. The average molecular weight is 936 g/mol. The molecular weight excluding hydrogens is 877 g/mol. The molecule has 6 rings (SSSR count). The van der Waals surface area contributed by atoms with E-state index < -0.39 is 0 Å². The molecule has 0 aliphatic carbocycles. The number of carbonyl (C=O) groups excluding carboxylic acids is 1. The van der Waals surface area contributed by atoms with Crippen molar-refractivity contribution in [1.82, 2.24) is 9.97 Å². The molecule has 7 heteroatoms. The third-order valence-corrected chi connectivity index (χ3v) is 12.6. The number of thiophene rings is 1. The van der Waals surface area contributed by atoms with Crippen LogP contribution < -0.4 is 0 Å². The normalized spacial score (nSPS) is 12.6. The quantitative estimate of drug-likeness (QED) is 0.0796. The number of ketones is 1. The molecule has 0 fully saturated rings. The van der Waals surface area contributed by atoms with E-state index in [4.69, 9.17) is 9.40 Å². The van der Waals surface area contributed by atoms with Gasteiger partial charge in [-0.3, -0.25) is 14.8 Å². The van der Waals surface area contributed by atoms with E-state index >= 15 is 0 Å². The van der Waals surface area contributed by atoms with E-state index in [2.05, 4.69) is 94.4 Å². The third kappa shape index (κ3) is 9.33. The number of fused-ring (bicyclic) bond motifs is 3. The first-order valence-corrected chi connectivity index (χ1v) is 20.5. The number of nitrogens with zero attached hydrogens (tertiary/aromatic N) is 2. The SMILES string of the molecule is CCC(C)(CC)C(=O)/C=C(\O)C(C)(CC)CC.Cc1coc2nc(-c3[c-]c4cccnc4c(C(C)(C)C)c3)cc(-c3ccc4c(CC(C)C)csc4c3)c12.[Ir]. The topological polar surface area (TPSA) is 76.2 Å². The van der Waals surface area contributed by atoms with Crippen LogP contribution in [0.1, 0.15) is 119 Å². The van der Waals surface area contributed by atoms with Gasteiger partial charge in [-0.1, -0.05) is 117 Å². The van der Waals surface area contributed by atoms with E-state index in [0.29, 0.717) is 11.6 Å². The van der Waals surface area contributed by atoms with Crippen LogP contribution in [-0.2, 0) is 36.7 Å². The summed E-state index contributed by atoms with van der Waals surface area (Å²) in [5.41, 5.74) is 8.85. The van der Waals surface area contributed by atoms with Gasteiger partial charge in [-0.2, -0.15) is 0 Å². The minimum atomic E-state index is -0.337. The van der Waals surface area contributed by atoms with Crippen LogP contribution in [0.4, 0.5) is 0 Å². The van der Waals surface area contributed by atoms with Gasteiger partial charge >= 0.3 is 0 Å². The Morgan fingerprint density at radius 3 is 2.25 bits per heavy atom. The van der Waals surface area contributed by atoms with Crippen molar-refractivity contribution in [1.29, 1.82) is 0 Å². The molecule has 55 heavy (non-hydrogen) atoms. The molecule has 4 heterocycles. The molecule has 0 atom stereocenters. The molecule has 4 aromatic heterocycles. The molecule has 0 saturated heterocycles. The Morgan fingerprint density at radius 2 is 1.64 bits per heavy atom. The molecule has 2 aromatic carbocycles. The number of hydrogen-bond acceptors (Lipinski definition) is 6. The maximum Gasteiger partial charge on any atom is 0.219 e. The van der Waals surface area contributed by atoms with Gasteiger partial charge in [0.05, 0.1) is 6.26 Å². The average Bonchev–Trinajstić information content (AvgIpc) is 3.74. The van der Waals surface area contributed by atoms with E-state index in [1.165, 1.54) is 32.9 Å². The van der Waals surface area contributed by atoms with Gasteiger partial charge in [-0.25, -0.2) is 0 Å². The number of aromatic nitrogens is 2. The summed E-state index contributed by atoms with van der Waals surface area (Å²) in [5, 5.41) is 15.9. The van der Waals surface area contributed by atoms with Crippen molar-refractivity contribution in [3.63, 3.8) is 0 Å². The second-order valence-corrected chi connectivity index (χ2v) is 17.8. The van der Waals surface area contributed by atoms with Crippen LogP contribution >= 0.6 is 11.3 Å². The van der Waals surface area contributed by atoms with Crippen LogP contribution in [0.3, 0.4) is 0 Å². The molecule has 295 valence electrons. The predicted molar refractivity (Wildman–Crippen MR) is 229 cm³/mol. The molecule has 0 amide bonds. The maximum atomic E-state index is 12.2. The number of aryl methyl sites for hydroxylation is 1. The fourth-order valence-electron chi connectivity index (χ4n) is 6.91. The standard InChI is InChI=1S/C33H31N2OS.C15H28O2.Ir/c1-19(2)12-24-18-37-29-15-21(9-10-25(24)29)26-16-28(35-32-30(26)20(3)17-36-32)23-13-22-8-7-11-34-31(22)27(14-23)33(4,5)6;1-7-14(5,8-2)12(16)11-13(17)15(6,9-3)10-4;/h7-11,14-19H,12H2,1-6H3;11,16H,7-10H2,1-6H3;/q-1;;/b;12-11-;. The number of pyridine rings is 2. The third-order valence-electron chi connectivity index (χ3n) is 11.6. The second-order valence-electron chi connectivity index (χ2n) is 16.9. The number of benzene rings is 2. The molecule has 0 aliphatic heterocycles. The van der Waals surface area contributed by atoms with Crippen molar-refractivity contribution in [2.24, 2.45) is 16.7 Å². The maximum absolute atomic E-state index is 12.2. The first-order valence-electron chi connectivity index (χ1n) is 19.6. The van der Waals surface area contributed by atoms with E-state index in [0.717, 1.165) is 70.8 Å². The zero-order valence-electron chi connectivity index (χ0n) is 34.9. The summed E-state index contributed by atoms with van der Waals surface area (Å²) in [7, 11) is 0. The molecule has 1 radical (unpaired) electrons. The van der Waals surface area contributed by atoms with Gasteiger partial charge in [0.15, 0.2) is 5.78 Å².